The number of aryl methyl sites for hydroxylation is 1. The standard InChI is InChI=1S/C19H27N3OS/c1-14-8-9-15(11-16(14)23-5)12-21-18(20-4)22-13-19(2,3)17-7-6-10-24-17/h6-11H,12-13H2,1-5H3,(H2,20,21,22). The Bertz CT molecular complexity index is 678. The smallest absolute Gasteiger partial charge is 0.191 e. The number of benzene rings is 1. The van der Waals surface area contributed by atoms with Crippen LogP contribution in [0.2, 0.25) is 0 Å². The zero-order chi connectivity index (χ0) is 17.6. The molecule has 0 bridgehead atoms. The summed E-state index contributed by atoms with van der Waals surface area (Å²) in [6.45, 7) is 8.05. The highest BCUT2D eigenvalue weighted by Gasteiger charge is 2.21. The Labute approximate surface area is 149 Å². The number of hydrogen-bond donors (Lipinski definition) is 2. The molecule has 0 fully saturated rings. The first-order chi connectivity index (χ1) is 11.5. The Hall–Kier alpha value is -2.01. The van der Waals surface area contributed by atoms with E-state index in [4.69, 9.17) is 4.74 Å². The lowest BCUT2D eigenvalue weighted by atomic mass is 9.91. The highest BCUT2D eigenvalue weighted by atomic mass is 32.1. The molecule has 0 aliphatic carbocycles. The van der Waals surface area contributed by atoms with Gasteiger partial charge in [-0.05, 0) is 35.6 Å². The van der Waals surface area contributed by atoms with Crippen LogP contribution in [-0.2, 0) is 12.0 Å². The molecule has 2 aromatic rings. The summed E-state index contributed by atoms with van der Waals surface area (Å²) in [5.74, 6) is 1.72. The highest BCUT2D eigenvalue weighted by molar-refractivity contribution is 7.10. The molecule has 0 saturated heterocycles. The first-order valence-electron chi connectivity index (χ1n) is 8.08. The van der Waals surface area contributed by atoms with Gasteiger partial charge in [0.1, 0.15) is 5.75 Å². The third-order valence-corrected chi connectivity index (χ3v) is 5.28. The zero-order valence-corrected chi connectivity index (χ0v) is 16.0. The normalized spacial score (nSPS) is 12.1. The predicted molar refractivity (Wildman–Crippen MR) is 103 cm³/mol. The average molecular weight is 346 g/mol. The van der Waals surface area contributed by atoms with Gasteiger partial charge in [0.2, 0.25) is 0 Å². The van der Waals surface area contributed by atoms with Gasteiger partial charge in [0.15, 0.2) is 5.96 Å². The van der Waals surface area contributed by atoms with Crippen LogP contribution in [0, 0.1) is 6.92 Å². The molecule has 0 radical (unpaired) electrons. The van der Waals surface area contributed by atoms with E-state index in [2.05, 4.69) is 65.2 Å². The van der Waals surface area contributed by atoms with Crippen LogP contribution >= 0.6 is 11.3 Å². The van der Waals surface area contributed by atoms with E-state index >= 15 is 0 Å². The van der Waals surface area contributed by atoms with Crippen molar-refractivity contribution in [1.82, 2.24) is 10.6 Å². The molecule has 0 aliphatic heterocycles. The fourth-order valence-corrected chi connectivity index (χ4v) is 3.29. The monoisotopic (exact) mass is 345 g/mol. The third-order valence-electron chi connectivity index (χ3n) is 4.04. The molecular formula is C19H27N3OS. The molecule has 0 unspecified atom stereocenters. The molecule has 1 aromatic carbocycles. The lowest BCUT2D eigenvalue weighted by Gasteiger charge is -2.25. The molecule has 0 atom stereocenters. The van der Waals surface area contributed by atoms with E-state index < -0.39 is 0 Å². The average Bonchev–Trinajstić information content (AvgIpc) is 3.11. The largest absolute Gasteiger partial charge is 0.496 e. The fourth-order valence-electron chi connectivity index (χ4n) is 2.44. The predicted octanol–water partition coefficient (Wildman–Crippen LogP) is 3.71. The Morgan fingerprint density at radius 3 is 2.67 bits per heavy atom. The van der Waals surface area contributed by atoms with Crippen LogP contribution in [-0.4, -0.2) is 26.7 Å². The van der Waals surface area contributed by atoms with Crippen molar-refractivity contribution in [2.75, 3.05) is 20.7 Å². The van der Waals surface area contributed by atoms with E-state index in [1.807, 2.05) is 6.92 Å². The number of aliphatic imine (C=N–C) groups is 1. The molecule has 0 aliphatic rings. The van der Waals surface area contributed by atoms with Gasteiger partial charge < -0.3 is 15.4 Å². The zero-order valence-electron chi connectivity index (χ0n) is 15.1. The topological polar surface area (TPSA) is 45.7 Å². The summed E-state index contributed by atoms with van der Waals surface area (Å²) < 4.78 is 5.38. The van der Waals surface area contributed by atoms with Crippen molar-refractivity contribution in [2.45, 2.75) is 32.7 Å². The van der Waals surface area contributed by atoms with Crippen LogP contribution < -0.4 is 15.4 Å². The van der Waals surface area contributed by atoms with Crippen LogP contribution in [0.4, 0.5) is 0 Å². The second-order valence-corrected chi connectivity index (χ2v) is 7.39. The van der Waals surface area contributed by atoms with Gasteiger partial charge in [-0.15, -0.1) is 11.3 Å². The minimum Gasteiger partial charge on any atom is -0.496 e. The quantitative estimate of drug-likeness (QED) is 0.620. The molecule has 4 nitrogen and oxygen atoms in total. The second kappa shape index (κ2) is 8.20. The van der Waals surface area contributed by atoms with E-state index in [1.54, 1.807) is 25.5 Å². The summed E-state index contributed by atoms with van der Waals surface area (Å²) in [6, 6.07) is 10.5. The molecule has 0 amide bonds. The number of nitrogens with zero attached hydrogens (tertiary/aromatic N) is 1. The van der Waals surface area contributed by atoms with Crippen LogP contribution in [0.25, 0.3) is 0 Å². The number of thiophene rings is 1. The van der Waals surface area contributed by atoms with Gasteiger partial charge in [0, 0.05) is 30.4 Å². The number of guanidine groups is 1. The van der Waals surface area contributed by atoms with Gasteiger partial charge in [-0.25, -0.2) is 0 Å². The summed E-state index contributed by atoms with van der Waals surface area (Å²) in [6.07, 6.45) is 0. The summed E-state index contributed by atoms with van der Waals surface area (Å²) in [5.41, 5.74) is 2.37. The van der Waals surface area contributed by atoms with Crippen molar-refractivity contribution >= 4 is 17.3 Å². The minimum absolute atomic E-state index is 0.0683. The van der Waals surface area contributed by atoms with Gasteiger partial charge in [-0.1, -0.05) is 32.0 Å². The number of hydrogen-bond acceptors (Lipinski definition) is 3. The van der Waals surface area contributed by atoms with E-state index in [1.165, 1.54) is 4.88 Å². The summed E-state index contributed by atoms with van der Waals surface area (Å²) in [4.78, 5) is 5.68. The van der Waals surface area contributed by atoms with E-state index in [0.717, 1.165) is 29.4 Å². The maximum Gasteiger partial charge on any atom is 0.191 e. The first kappa shape index (κ1) is 18.3. The molecular weight excluding hydrogens is 318 g/mol. The SMILES string of the molecule is CN=C(NCc1ccc(C)c(OC)c1)NCC(C)(C)c1cccs1. The lowest BCUT2D eigenvalue weighted by Crippen LogP contribution is -2.42. The fraction of sp³-hybridized carbons (Fsp3) is 0.421. The molecule has 0 spiro atoms. The summed E-state index contributed by atoms with van der Waals surface area (Å²) in [7, 11) is 3.50. The van der Waals surface area contributed by atoms with E-state index in [-0.39, 0.29) is 5.41 Å². The van der Waals surface area contributed by atoms with Crippen LogP contribution in [0.3, 0.4) is 0 Å². The Morgan fingerprint density at radius 2 is 2.04 bits per heavy atom. The van der Waals surface area contributed by atoms with Gasteiger partial charge in [0.25, 0.3) is 0 Å². The third kappa shape index (κ3) is 4.74. The number of nitrogens with one attached hydrogen (secondary N) is 2. The number of rotatable bonds is 6. The summed E-state index contributed by atoms with van der Waals surface area (Å²) in [5, 5.41) is 8.90. The van der Waals surface area contributed by atoms with Gasteiger partial charge in [0.05, 0.1) is 7.11 Å². The Balaban J connectivity index is 1.91. The lowest BCUT2D eigenvalue weighted by molar-refractivity contribution is 0.411. The molecule has 2 rings (SSSR count). The van der Waals surface area contributed by atoms with Gasteiger partial charge >= 0.3 is 0 Å². The molecule has 0 saturated carbocycles. The van der Waals surface area contributed by atoms with Gasteiger partial charge in [-0.3, -0.25) is 4.99 Å². The molecule has 130 valence electrons. The maximum atomic E-state index is 5.38. The molecule has 1 heterocycles. The maximum absolute atomic E-state index is 5.38. The van der Waals surface area contributed by atoms with E-state index in [9.17, 15) is 0 Å². The minimum atomic E-state index is 0.0683. The van der Waals surface area contributed by atoms with Crippen LogP contribution in [0.15, 0.2) is 40.7 Å². The van der Waals surface area contributed by atoms with Crippen LogP contribution in [0.5, 0.6) is 5.75 Å². The summed E-state index contributed by atoms with van der Waals surface area (Å²) >= 11 is 1.79. The first-order valence-corrected chi connectivity index (χ1v) is 8.96. The van der Waals surface area contributed by atoms with Crippen LogP contribution in [0.1, 0.15) is 29.9 Å². The Morgan fingerprint density at radius 1 is 1.25 bits per heavy atom. The van der Waals surface area contributed by atoms with Crippen molar-refractivity contribution in [1.29, 1.82) is 0 Å². The Kier molecular flexibility index (Phi) is 6.26. The molecule has 2 N–H and O–H groups in total. The van der Waals surface area contributed by atoms with E-state index in [0.29, 0.717) is 6.54 Å². The van der Waals surface area contributed by atoms with Crippen molar-refractivity contribution in [3.05, 3.63) is 51.7 Å². The number of ether oxygens (including phenoxy) is 1. The molecule has 1 aromatic heterocycles. The highest BCUT2D eigenvalue weighted by Crippen LogP contribution is 2.26. The van der Waals surface area contributed by atoms with Crippen molar-refractivity contribution in [3.8, 4) is 5.75 Å². The van der Waals surface area contributed by atoms with Crippen molar-refractivity contribution in [3.63, 3.8) is 0 Å². The van der Waals surface area contributed by atoms with Crippen molar-refractivity contribution < 1.29 is 4.74 Å². The number of methoxy groups -OCH3 is 1. The van der Waals surface area contributed by atoms with Crippen molar-refractivity contribution in [2.24, 2.45) is 4.99 Å². The second-order valence-electron chi connectivity index (χ2n) is 6.44. The molecule has 24 heavy (non-hydrogen) atoms. The molecule has 5 heteroatoms. The van der Waals surface area contributed by atoms with Gasteiger partial charge in [-0.2, -0.15) is 0 Å².